The number of halogens is 2. The van der Waals surface area contributed by atoms with Crippen LogP contribution >= 0.6 is 23.2 Å². The van der Waals surface area contributed by atoms with Gasteiger partial charge in [0.1, 0.15) is 10.8 Å². The van der Waals surface area contributed by atoms with Gasteiger partial charge in [-0.15, -0.1) is 0 Å². The molecule has 0 spiro atoms. The van der Waals surface area contributed by atoms with Gasteiger partial charge < -0.3 is 10.1 Å². The molecule has 2 aromatic rings. The normalized spacial score (nSPS) is 11.0. The standard InChI is InChI=1S/C16H18Cl2N2O/c1-10(2)13-7-11(9-19-3)8-15(20-13)21-14-6-4-5-12(17)16(14)18/h4-8,10,19H,9H2,1-3H3. The molecule has 5 heteroatoms. The number of nitrogens with zero attached hydrogens (tertiary/aromatic N) is 1. The van der Waals surface area contributed by atoms with Crippen LogP contribution in [0.5, 0.6) is 11.6 Å². The Balaban J connectivity index is 2.36. The molecule has 0 saturated carbocycles. The molecule has 0 unspecified atom stereocenters. The molecule has 0 fully saturated rings. The zero-order valence-electron chi connectivity index (χ0n) is 12.3. The van der Waals surface area contributed by atoms with Gasteiger partial charge in [-0.3, -0.25) is 0 Å². The second kappa shape index (κ2) is 7.12. The van der Waals surface area contributed by atoms with Gasteiger partial charge in [-0.25, -0.2) is 4.98 Å². The Kier molecular flexibility index (Phi) is 5.45. The third kappa shape index (κ3) is 4.10. The predicted molar refractivity (Wildman–Crippen MR) is 87.6 cm³/mol. The van der Waals surface area contributed by atoms with Crippen LogP contribution in [0.3, 0.4) is 0 Å². The van der Waals surface area contributed by atoms with Crippen LogP contribution in [-0.2, 0) is 6.54 Å². The van der Waals surface area contributed by atoms with Crippen LogP contribution < -0.4 is 10.1 Å². The first-order chi connectivity index (χ1) is 10.0. The summed E-state index contributed by atoms with van der Waals surface area (Å²) in [5, 5.41) is 3.99. The van der Waals surface area contributed by atoms with Gasteiger partial charge in [0.15, 0.2) is 0 Å². The average molecular weight is 325 g/mol. The second-order valence-electron chi connectivity index (χ2n) is 5.08. The molecule has 0 amide bonds. The van der Waals surface area contributed by atoms with Gasteiger partial charge in [0, 0.05) is 18.3 Å². The van der Waals surface area contributed by atoms with E-state index < -0.39 is 0 Å². The van der Waals surface area contributed by atoms with Crippen LogP contribution in [0.4, 0.5) is 0 Å². The molecule has 1 aromatic heterocycles. The SMILES string of the molecule is CNCc1cc(Oc2cccc(Cl)c2Cl)nc(C(C)C)c1. The summed E-state index contributed by atoms with van der Waals surface area (Å²) >= 11 is 12.1. The number of hydrogen-bond acceptors (Lipinski definition) is 3. The lowest BCUT2D eigenvalue weighted by molar-refractivity contribution is 0.458. The molecule has 21 heavy (non-hydrogen) atoms. The van der Waals surface area contributed by atoms with Gasteiger partial charge in [-0.1, -0.05) is 43.1 Å². The molecule has 0 aliphatic rings. The monoisotopic (exact) mass is 324 g/mol. The summed E-state index contributed by atoms with van der Waals surface area (Å²) in [7, 11) is 1.91. The van der Waals surface area contributed by atoms with Crippen molar-refractivity contribution in [1.29, 1.82) is 0 Å². The van der Waals surface area contributed by atoms with Crippen LogP contribution in [0.1, 0.15) is 31.0 Å². The molecule has 0 atom stereocenters. The summed E-state index contributed by atoms with van der Waals surface area (Å²) in [6.07, 6.45) is 0. The van der Waals surface area contributed by atoms with Crippen molar-refractivity contribution >= 4 is 23.2 Å². The van der Waals surface area contributed by atoms with Crippen LogP contribution in [0.2, 0.25) is 10.0 Å². The zero-order chi connectivity index (χ0) is 15.4. The molecule has 2 rings (SSSR count). The van der Waals surface area contributed by atoms with Gasteiger partial charge >= 0.3 is 0 Å². The van der Waals surface area contributed by atoms with E-state index in [1.54, 1.807) is 18.2 Å². The van der Waals surface area contributed by atoms with E-state index in [0.717, 1.165) is 17.8 Å². The molecular formula is C16H18Cl2N2O. The summed E-state index contributed by atoms with van der Waals surface area (Å²) in [4.78, 5) is 4.53. The van der Waals surface area contributed by atoms with E-state index in [-0.39, 0.29) is 0 Å². The van der Waals surface area contributed by atoms with Gasteiger partial charge in [0.05, 0.1) is 5.02 Å². The predicted octanol–water partition coefficient (Wildman–Crippen LogP) is 5.02. The highest BCUT2D eigenvalue weighted by Crippen LogP contribution is 2.34. The van der Waals surface area contributed by atoms with Crippen LogP contribution in [0, 0.1) is 0 Å². The lowest BCUT2D eigenvalue weighted by Gasteiger charge is -2.13. The molecule has 1 N–H and O–H groups in total. The summed E-state index contributed by atoms with van der Waals surface area (Å²) in [6.45, 7) is 4.95. The molecule has 0 aliphatic heterocycles. The van der Waals surface area contributed by atoms with Crippen molar-refractivity contribution in [2.45, 2.75) is 26.3 Å². The maximum Gasteiger partial charge on any atom is 0.219 e. The summed E-state index contributed by atoms with van der Waals surface area (Å²) < 4.78 is 5.81. The van der Waals surface area contributed by atoms with Crippen molar-refractivity contribution in [3.05, 3.63) is 51.6 Å². The van der Waals surface area contributed by atoms with E-state index in [0.29, 0.717) is 27.6 Å². The maximum absolute atomic E-state index is 6.15. The number of ether oxygens (including phenoxy) is 1. The van der Waals surface area contributed by atoms with E-state index in [1.807, 2.05) is 13.1 Å². The largest absolute Gasteiger partial charge is 0.437 e. The highest BCUT2D eigenvalue weighted by Gasteiger charge is 2.11. The fourth-order valence-corrected chi connectivity index (χ4v) is 2.24. The minimum absolute atomic E-state index is 0.319. The maximum atomic E-state index is 6.15. The van der Waals surface area contributed by atoms with E-state index in [2.05, 4.69) is 30.2 Å². The Labute approximate surface area is 135 Å². The fraction of sp³-hybridized carbons (Fsp3) is 0.312. The van der Waals surface area contributed by atoms with E-state index in [1.165, 1.54) is 0 Å². The second-order valence-corrected chi connectivity index (χ2v) is 5.86. The minimum Gasteiger partial charge on any atom is -0.437 e. The first-order valence-electron chi connectivity index (χ1n) is 6.78. The van der Waals surface area contributed by atoms with E-state index in [4.69, 9.17) is 27.9 Å². The van der Waals surface area contributed by atoms with Crippen molar-refractivity contribution in [3.8, 4) is 11.6 Å². The fourth-order valence-electron chi connectivity index (χ4n) is 1.91. The van der Waals surface area contributed by atoms with Gasteiger partial charge in [-0.05, 0) is 36.7 Å². The number of benzene rings is 1. The third-order valence-electron chi connectivity index (χ3n) is 2.98. The number of nitrogens with one attached hydrogen (secondary N) is 1. The van der Waals surface area contributed by atoms with Gasteiger partial charge in [-0.2, -0.15) is 0 Å². The minimum atomic E-state index is 0.319. The molecule has 1 aromatic carbocycles. The highest BCUT2D eigenvalue weighted by atomic mass is 35.5. The third-order valence-corrected chi connectivity index (χ3v) is 3.79. The van der Waals surface area contributed by atoms with E-state index in [9.17, 15) is 0 Å². The lowest BCUT2D eigenvalue weighted by Crippen LogP contribution is -2.07. The molecule has 0 radical (unpaired) electrons. The summed E-state index contributed by atoms with van der Waals surface area (Å²) in [5.74, 6) is 1.35. The Morgan fingerprint density at radius 3 is 2.67 bits per heavy atom. The number of hydrogen-bond donors (Lipinski definition) is 1. The Hall–Kier alpha value is -1.29. The lowest BCUT2D eigenvalue weighted by atomic mass is 10.1. The van der Waals surface area contributed by atoms with Crippen molar-refractivity contribution < 1.29 is 4.74 Å². The van der Waals surface area contributed by atoms with Crippen LogP contribution in [-0.4, -0.2) is 12.0 Å². The molecule has 0 bridgehead atoms. The van der Waals surface area contributed by atoms with Crippen LogP contribution in [0.25, 0.3) is 0 Å². The van der Waals surface area contributed by atoms with Crippen molar-refractivity contribution in [3.63, 3.8) is 0 Å². The molecule has 112 valence electrons. The van der Waals surface area contributed by atoms with Crippen molar-refractivity contribution in [2.75, 3.05) is 7.05 Å². The molecule has 0 aliphatic carbocycles. The summed E-state index contributed by atoms with van der Waals surface area (Å²) in [5.41, 5.74) is 2.10. The first-order valence-corrected chi connectivity index (χ1v) is 7.54. The van der Waals surface area contributed by atoms with Gasteiger partial charge in [0.25, 0.3) is 0 Å². The molecule has 1 heterocycles. The number of aromatic nitrogens is 1. The van der Waals surface area contributed by atoms with Crippen molar-refractivity contribution in [1.82, 2.24) is 10.3 Å². The van der Waals surface area contributed by atoms with Gasteiger partial charge in [0.2, 0.25) is 5.88 Å². The van der Waals surface area contributed by atoms with Crippen molar-refractivity contribution in [2.24, 2.45) is 0 Å². The quantitative estimate of drug-likeness (QED) is 0.838. The Morgan fingerprint density at radius 1 is 1.24 bits per heavy atom. The van der Waals surface area contributed by atoms with E-state index >= 15 is 0 Å². The topological polar surface area (TPSA) is 34.1 Å². The first kappa shape index (κ1) is 16.1. The smallest absolute Gasteiger partial charge is 0.219 e. The van der Waals surface area contributed by atoms with Crippen LogP contribution in [0.15, 0.2) is 30.3 Å². The number of rotatable bonds is 5. The Morgan fingerprint density at radius 2 is 2.00 bits per heavy atom. The summed E-state index contributed by atoms with van der Waals surface area (Å²) in [6, 6.07) is 9.27. The average Bonchev–Trinajstić information content (AvgIpc) is 2.44. The highest BCUT2D eigenvalue weighted by molar-refractivity contribution is 6.42. The number of pyridine rings is 1. The zero-order valence-corrected chi connectivity index (χ0v) is 13.8. The Bertz CT molecular complexity index is 630. The molecule has 0 saturated heterocycles. The molecular weight excluding hydrogens is 307 g/mol. The molecule has 3 nitrogen and oxygen atoms in total.